The number of carbonyl (C=O) groups excluding carboxylic acids is 1. The van der Waals surface area contributed by atoms with E-state index in [4.69, 9.17) is 32.7 Å². The molecule has 0 aliphatic heterocycles. The van der Waals surface area contributed by atoms with E-state index in [9.17, 15) is 4.79 Å². The second kappa shape index (κ2) is 8.76. The highest BCUT2D eigenvalue weighted by Gasteiger charge is 2.17. The van der Waals surface area contributed by atoms with Gasteiger partial charge in [-0.15, -0.1) is 0 Å². The number of carbonyl (C=O) groups is 1. The molecular weight excluding hydrogens is 413 g/mol. The van der Waals surface area contributed by atoms with Crippen LogP contribution in [0, 0.1) is 13.8 Å². The summed E-state index contributed by atoms with van der Waals surface area (Å²) in [6, 6.07) is 10.5. The molecule has 0 unspecified atom stereocenters. The van der Waals surface area contributed by atoms with Crippen LogP contribution in [0.5, 0.6) is 11.5 Å². The average Bonchev–Trinajstić information content (AvgIpc) is 2.97. The van der Waals surface area contributed by atoms with Gasteiger partial charge in [0.05, 0.1) is 47.9 Å². The number of rotatable bonds is 6. The molecule has 2 aromatic carbocycles. The first-order valence-electron chi connectivity index (χ1n) is 8.85. The number of hydrogen-bond acceptors (Lipinski definition) is 4. The van der Waals surface area contributed by atoms with Crippen LogP contribution in [-0.4, -0.2) is 29.9 Å². The molecule has 3 aromatic rings. The van der Waals surface area contributed by atoms with Crippen molar-refractivity contribution in [1.29, 1.82) is 0 Å². The van der Waals surface area contributed by atoms with E-state index in [-0.39, 0.29) is 5.91 Å². The average molecular weight is 434 g/mol. The molecule has 0 spiro atoms. The lowest BCUT2D eigenvalue weighted by atomic mass is 10.1. The number of halogens is 2. The van der Waals surface area contributed by atoms with Crippen molar-refractivity contribution in [2.24, 2.45) is 0 Å². The molecule has 1 N–H and O–H groups in total. The summed E-state index contributed by atoms with van der Waals surface area (Å²) in [6.45, 7) is 4.26. The molecule has 0 fully saturated rings. The van der Waals surface area contributed by atoms with Crippen molar-refractivity contribution in [2.45, 2.75) is 20.4 Å². The van der Waals surface area contributed by atoms with Crippen molar-refractivity contribution in [3.05, 3.63) is 69.0 Å². The minimum absolute atomic E-state index is 0.258. The minimum atomic E-state index is -0.258. The number of amides is 1. The molecular formula is C21H21Cl2N3O3. The fraction of sp³-hybridized carbons (Fsp3) is 0.238. The van der Waals surface area contributed by atoms with Crippen LogP contribution in [0.2, 0.25) is 10.0 Å². The number of nitrogens with one attached hydrogen (secondary N) is 1. The largest absolute Gasteiger partial charge is 0.493 e. The number of anilines is 1. The Labute approximate surface area is 179 Å². The minimum Gasteiger partial charge on any atom is -0.493 e. The van der Waals surface area contributed by atoms with Crippen LogP contribution in [-0.2, 0) is 6.54 Å². The lowest BCUT2D eigenvalue weighted by molar-refractivity contribution is 0.102. The molecule has 0 atom stereocenters. The standard InChI is InChI=1S/C21H21Cl2N3O3/c1-12-20(24-21(27)15-6-8-18(28-3)19(10-15)29-4)13(2)26(25-12)11-14-5-7-16(22)17(23)9-14/h5-10H,11H2,1-4H3,(H,24,27). The number of aryl methyl sites for hydroxylation is 1. The summed E-state index contributed by atoms with van der Waals surface area (Å²) in [5.41, 5.74) is 3.64. The van der Waals surface area contributed by atoms with Gasteiger partial charge in [-0.3, -0.25) is 9.48 Å². The Hall–Kier alpha value is -2.70. The van der Waals surface area contributed by atoms with Crippen LogP contribution in [0.1, 0.15) is 27.3 Å². The predicted octanol–water partition coefficient (Wildman–Crippen LogP) is 5.12. The van der Waals surface area contributed by atoms with Gasteiger partial charge in [0.1, 0.15) is 0 Å². The van der Waals surface area contributed by atoms with E-state index in [1.807, 2.05) is 30.7 Å². The first kappa shape index (κ1) is 21.0. The fourth-order valence-corrected chi connectivity index (χ4v) is 3.33. The van der Waals surface area contributed by atoms with Gasteiger partial charge in [0.2, 0.25) is 0 Å². The van der Waals surface area contributed by atoms with Gasteiger partial charge in [0.25, 0.3) is 5.91 Å². The summed E-state index contributed by atoms with van der Waals surface area (Å²) >= 11 is 12.1. The Bertz CT molecular complexity index is 1060. The zero-order valence-corrected chi connectivity index (χ0v) is 18.1. The van der Waals surface area contributed by atoms with E-state index in [1.54, 1.807) is 31.4 Å². The Morgan fingerprint density at radius 3 is 2.41 bits per heavy atom. The number of nitrogens with zero attached hydrogens (tertiary/aromatic N) is 2. The summed E-state index contributed by atoms with van der Waals surface area (Å²) < 4.78 is 12.3. The van der Waals surface area contributed by atoms with Crippen molar-refractivity contribution in [2.75, 3.05) is 19.5 Å². The maximum absolute atomic E-state index is 12.8. The van der Waals surface area contributed by atoms with Crippen molar-refractivity contribution >= 4 is 34.8 Å². The topological polar surface area (TPSA) is 65.4 Å². The second-order valence-corrected chi connectivity index (χ2v) is 7.29. The monoisotopic (exact) mass is 433 g/mol. The molecule has 8 heteroatoms. The van der Waals surface area contributed by atoms with Crippen molar-refractivity contribution in [3.8, 4) is 11.5 Å². The second-order valence-electron chi connectivity index (χ2n) is 6.48. The van der Waals surface area contributed by atoms with Gasteiger partial charge < -0.3 is 14.8 Å². The maximum atomic E-state index is 12.8. The zero-order valence-electron chi connectivity index (χ0n) is 16.5. The number of aromatic nitrogens is 2. The normalized spacial score (nSPS) is 10.7. The molecule has 0 bridgehead atoms. The first-order valence-corrected chi connectivity index (χ1v) is 9.61. The summed E-state index contributed by atoms with van der Waals surface area (Å²) in [5.74, 6) is 0.793. The summed E-state index contributed by atoms with van der Waals surface area (Å²) in [6.07, 6.45) is 0. The quantitative estimate of drug-likeness (QED) is 0.585. The van der Waals surface area contributed by atoms with Crippen LogP contribution in [0.3, 0.4) is 0 Å². The Morgan fingerprint density at radius 2 is 1.76 bits per heavy atom. The van der Waals surface area contributed by atoms with Crippen LogP contribution in [0.25, 0.3) is 0 Å². The fourth-order valence-electron chi connectivity index (χ4n) is 3.01. The molecule has 1 heterocycles. The van der Waals surface area contributed by atoms with E-state index in [0.29, 0.717) is 39.3 Å². The van der Waals surface area contributed by atoms with E-state index in [2.05, 4.69) is 10.4 Å². The maximum Gasteiger partial charge on any atom is 0.255 e. The Balaban J connectivity index is 1.83. The highest BCUT2D eigenvalue weighted by molar-refractivity contribution is 6.42. The molecule has 0 aliphatic carbocycles. The number of benzene rings is 2. The van der Waals surface area contributed by atoms with Crippen molar-refractivity contribution in [1.82, 2.24) is 9.78 Å². The molecule has 0 saturated heterocycles. The Morgan fingerprint density at radius 1 is 1.03 bits per heavy atom. The van der Waals surface area contributed by atoms with Crippen molar-refractivity contribution < 1.29 is 14.3 Å². The molecule has 3 rings (SSSR count). The molecule has 152 valence electrons. The molecule has 0 saturated carbocycles. The van der Waals surface area contributed by atoms with Crippen LogP contribution in [0.4, 0.5) is 5.69 Å². The van der Waals surface area contributed by atoms with Gasteiger partial charge in [-0.05, 0) is 49.7 Å². The summed E-state index contributed by atoms with van der Waals surface area (Å²) in [5, 5.41) is 8.49. The van der Waals surface area contributed by atoms with Gasteiger partial charge >= 0.3 is 0 Å². The number of methoxy groups -OCH3 is 2. The van der Waals surface area contributed by atoms with E-state index in [1.165, 1.54) is 7.11 Å². The lowest BCUT2D eigenvalue weighted by Crippen LogP contribution is -2.13. The van der Waals surface area contributed by atoms with Gasteiger partial charge in [-0.1, -0.05) is 29.3 Å². The third kappa shape index (κ3) is 4.49. The summed E-state index contributed by atoms with van der Waals surface area (Å²) in [4.78, 5) is 12.8. The van der Waals surface area contributed by atoms with Gasteiger partial charge in [0, 0.05) is 5.56 Å². The summed E-state index contributed by atoms with van der Waals surface area (Å²) in [7, 11) is 3.08. The van der Waals surface area contributed by atoms with Gasteiger partial charge in [-0.25, -0.2) is 0 Å². The highest BCUT2D eigenvalue weighted by Crippen LogP contribution is 2.29. The number of hydrogen-bond donors (Lipinski definition) is 1. The zero-order chi connectivity index (χ0) is 21.1. The van der Waals surface area contributed by atoms with Crippen LogP contribution in [0.15, 0.2) is 36.4 Å². The molecule has 0 aliphatic rings. The van der Waals surface area contributed by atoms with Crippen LogP contribution < -0.4 is 14.8 Å². The first-order chi connectivity index (χ1) is 13.8. The smallest absolute Gasteiger partial charge is 0.255 e. The van der Waals surface area contributed by atoms with Gasteiger partial charge in [0.15, 0.2) is 11.5 Å². The molecule has 1 amide bonds. The molecule has 1 aromatic heterocycles. The van der Waals surface area contributed by atoms with E-state index >= 15 is 0 Å². The lowest BCUT2D eigenvalue weighted by Gasteiger charge is -2.10. The van der Waals surface area contributed by atoms with Gasteiger partial charge in [-0.2, -0.15) is 5.10 Å². The highest BCUT2D eigenvalue weighted by atomic mass is 35.5. The van der Waals surface area contributed by atoms with E-state index in [0.717, 1.165) is 17.0 Å². The number of ether oxygens (including phenoxy) is 2. The van der Waals surface area contributed by atoms with Crippen molar-refractivity contribution in [3.63, 3.8) is 0 Å². The third-order valence-corrected chi connectivity index (χ3v) is 5.32. The molecule has 6 nitrogen and oxygen atoms in total. The predicted molar refractivity (Wildman–Crippen MR) is 115 cm³/mol. The SMILES string of the molecule is COc1ccc(C(=O)Nc2c(C)nn(Cc3ccc(Cl)c(Cl)c3)c2C)cc1OC. The molecule has 0 radical (unpaired) electrons. The van der Waals surface area contributed by atoms with E-state index < -0.39 is 0 Å². The third-order valence-electron chi connectivity index (χ3n) is 4.58. The molecule has 29 heavy (non-hydrogen) atoms. The van der Waals surface area contributed by atoms with Crippen LogP contribution >= 0.6 is 23.2 Å². The Kier molecular flexibility index (Phi) is 6.35.